The zero-order valence-electron chi connectivity index (χ0n) is 14.5. The summed E-state index contributed by atoms with van der Waals surface area (Å²) in [5.41, 5.74) is 2.53. The summed E-state index contributed by atoms with van der Waals surface area (Å²) < 4.78 is 5.14. The number of benzene rings is 1. The molecule has 0 radical (unpaired) electrons. The van der Waals surface area contributed by atoms with Gasteiger partial charge in [0.1, 0.15) is 12.1 Å². The first-order valence-electron chi connectivity index (χ1n) is 8.43. The van der Waals surface area contributed by atoms with Gasteiger partial charge in [-0.3, -0.25) is 4.79 Å². The number of carbonyl (C=O) groups is 1. The summed E-state index contributed by atoms with van der Waals surface area (Å²) in [5.74, 6) is 1.01. The number of ketones is 1. The van der Waals surface area contributed by atoms with E-state index in [-0.39, 0.29) is 11.7 Å². The van der Waals surface area contributed by atoms with Gasteiger partial charge < -0.3 is 9.64 Å². The number of carbonyl (C=O) groups excluding carboxylic acids is 1. The van der Waals surface area contributed by atoms with Crippen molar-refractivity contribution in [3.63, 3.8) is 0 Å². The minimum Gasteiger partial charge on any atom is -0.378 e. The fraction of sp³-hybridized carbons (Fsp3) is 0.421. The van der Waals surface area contributed by atoms with Crippen LogP contribution in [0.15, 0.2) is 30.6 Å². The highest BCUT2D eigenvalue weighted by atomic mass is 35.5. The highest BCUT2D eigenvalue weighted by Gasteiger charge is 2.28. The monoisotopic (exact) mass is 359 g/mol. The number of hydrogen-bond donors (Lipinski definition) is 0. The number of Topliss-reactive ketones (excluding diaryl/α,β-unsaturated/α-hetero) is 1. The standard InChI is InChI=1S/C19H22ClN3O2/c1-13-8-15(20)5-6-17(13)19(24)14-4-3-7-23(10-14)18-9-16(11-25-2)21-12-22-18/h5-6,8-9,12,14H,3-4,7,10-11H2,1-2H3. The van der Waals surface area contributed by atoms with Gasteiger partial charge in [-0.25, -0.2) is 9.97 Å². The van der Waals surface area contributed by atoms with Crippen molar-refractivity contribution in [2.75, 3.05) is 25.1 Å². The largest absolute Gasteiger partial charge is 0.378 e. The molecular weight excluding hydrogens is 338 g/mol. The summed E-state index contributed by atoms with van der Waals surface area (Å²) in [6.45, 7) is 3.95. The second-order valence-electron chi connectivity index (χ2n) is 6.41. The summed E-state index contributed by atoms with van der Waals surface area (Å²) in [7, 11) is 1.64. The first-order valence-corrected chi connectivity index (χ1v) is 8.81. The minimum atomic E-state index is -0.0329. The van der Waals surface area contributed by atoms with Crippen molar-refractivity contribution in [2.45, 2.75) is 26.4 Å². The molecule has 0 bridgehead atoms. The number of nitrogens with zero attached hydrogens (tertiary/aromatic N) is 3. The predicted octanol–water partition coefficient (Wildman–Crippen LogP) is 3.68. The summed E-state index contributed by atoms with van der Waals surface area (Å²) in [6.07, 6.45) is 3.42. The molecule has 1 atom stereocenters. The van der Waals surface area contributed by atoms with Gasteiger partial charge >= 0.3 is 0 Å². The lowest BCUT2D eigenvalue weighted by molar-refractivity contribution is 0.0906. The molecule has 1 aromatic carbocycles. The number of aryl methyl sites for hydroxylation is 1. The number of aromatic nitrogens is 2. The van der Waals surface area contributed by atoms with E-state index < -0.39 is 0 Å². The Kier molecular flexibility index (Phi) is 5.66. The van der Waals surface area contributed by atoms with Crippen LogP contribution in [0.25, 0.3) is 0 Å². The van der Waals surface area contributed by atoms with Gasteiger partial charge in [-0.2, -0.15) is 0 Å². The van der Waals surface area contributed by atoms with E-state index in [2.05, 4.69) is 14.9 Å². The van der Waals surface area contributed by atoms with Gasteiger partial charge in [-0.1, -0.05) is 11.6 Å². The normalized spacial score (nSPS) is 17.6. The van der Waals surface area contributed by atoms with Crippen LogP contribution >= 0.6 is 11.6 Å². The lowest BCUT2D eigenvalue weighted by Gasteiger charge is -2.33. The molecule has 0 N–H and O–H groups in total. The van der Waals surface area contributed by atoms with Crippen molar-refractivity contribution in [1.82, 2.24) is 9.97 Å². The molecule has 0 aliphatic carbocycles. The van der Waals surface area contributed by atoms with Crippen LogP contribution in [0.5, 0.6) is 0 Å². The van der Waals surface area contributed by atoms with Crippen LogP contribution in [0.1, 0.15) is 34.5 Å². The zero-order chi connectivity index (χ0) is 17.8. The molecule has 2 heterocycles. The Morgan fingerprint density at radius 3 is 2.96 bits per heavy atom. The summed E-state index contributed by atoms with van der Waals surface area (Å²) in [6, 6.07) is 7.39. The van der Waals surface area contributed by atoms with Crippen molar-refractivity contribution >= 4 is 23.2 Å². The van der Waals surface area contributed by atoms with Crippen molar-refractivity contribution in [3.05, 3.63) is 52.4 Å². The van der Waals surface area contributed by atoms with Crippen LogP contribution in [0.2, 0.25) is 5.02 Å². The van der Waals surface area contributed by atoms with Crippen molar-refractivity contribution in [3.8, 4) is 0 Å². The Balaban J connectivity index is 1.76. The molecule has 1 aliphatic rings. The number of ether oxygens (including phenoxy) is 1. The van der Waals surface area contributed by atoms with E-state index in [4.69, 9.17) is 16.3 Å². The lowest BCUT2D eigenvalue weighted by Crippen LogP contribution is -2.39. The Labute approximate surface area is 153 Å². The third-order valence-electron chi connectivity index (χ3n) is 4.57. The molecular formula is C19H22ClN3O2. The van der Waals surface area contributed by atoms with Crippen LogP contribution in [-0.2, 0) is 11.3 Å². The number of methoxy groups -OCH3 is 1. The van der Waals surface area contributed by atoms with Crippen LogP contribution < -0.4 is 4.90 Å². The Bertz CT molecular complexity index is 766. The van der Waals surface area contributed by atoms with Gasteiger partial charge in [0.05, 0.1) is 12.3 Å². The van der Waals surface area contributed by atoms with Crippen LogP contribution in [-0.4, -0.2) is 36.0 Å². The number of anilines is 1. The summed E-state index contributed by atoms with van der Waals surface area (Å²) in [5, 5.41) is 0.658. The van der Waals surface area contributed by atoms with E-state index in [1.807, 2.05) is 25.1 Å². The summed E-state index contributed by atoms with van der Waals surface area (Å²) >= 11 is 6.01. The van der Waals surface area contributed by atoms with Gasteiger partial charge in [0.15, 0.2) is 5.78 Å². The quantitative estimate of drug-likeness (QED) is 0.762. The molecule has 1 saturated heterocycles. The van der Waals surface area contributed by atoms with Gasteiger partial charge in [0.2, 0.25) is 0 Å². The second kappa shape index (κ2) is 7.93. The highest BCUT2D eigenvalue weighted by molar-refractivity contribution is 6.30. The molecule has 3 rings (SSSR count). The molecule has 0 amide bonds. The zero-order valence-corrected chi connectivity index (χ0v) is 15.3. The lowest BCUT2D eigenvalue weighted by atomic mass is 9.88. The van der Waals surface area contributed by atoms with E-state index >= 15 is 0 Å². The van der Waals surface area contributed by atoms with Crippen LogP contribution in [0.3, 0.4) is 0 Å². The molecule has 25 heavy (non-hydrogen) atoms. The van der Waals surface area contributed by atoms with Crippen molar-refractivity contribution in [2.24, 2.45) is 5.92 Å². The predicted molar refractivity (Wildman–Crippen MR) is 98.2 cm³/mol. The number of rotatable bonds is 5. The minimum absolute atomic E-state index is 0.0329. The highest BCUT2D eigenvalue weighted by Crippen LogP contribution is 2.26. The Morgan fingerprint density at radius 1 is 1.36 bits per heavy atom. The number of hydrogen-bond acceptors (Lipinski definition) is 5. The number of piperidine rings is 1. The van der Waals surface area contributed by atoms with Crippen molar-refractivity contribution < 1.29 is 9.53 Å². The van der Waals surface area contributed by atoms with E-state index in [1.54, 1.807) is 19.5 Å². The number of halogens is 1. The van der Waals surface area contributed by atoms with E-state index in [9.17, 15) is 4.79 Å². The molecule has 1 aliphatic heterocycles. The molecule has 1 aromatic heterocycles. The first-order chi connectivity index (χ1) is 12.1. The van der Waals surface area contributed by atoms with E-state index in [0.717, 1.165) is 42.0 Å². The second-order valence-corrected chi connectivity index (χ2v) is 6.85. The molecule has 6 heteroatoms. The smallest absolute Gasteiger partial charge is 0.167 e. The van der Waals surface area contributed by atoms with Crippen LogP contribution in [0, 0.1) is 12.8 Å². The fourth-order valence-corrected chi connectivity index (χ4v) is 3.53. The molecule has 0 spiro atoms. The molecule has 1 unspecified atom stereocenters. The van der Waals surface area contributed by atoms with Crippen LogP contribution in [0.4, 0.5) is 5.82 Å². The van der Waals surface area contributed by atoms with E-state index in [0.29, 0.717) is 18.2 Å². The maximum absolute atomic E-state index is 13.0. The molecule has 0 saturated carbocycles. The van der Waals surface area contributed by atoms with Gasteiger partial charge in [-0.05, 0) is 43.5 Å². The molecule has 1 fully saturated rings. The third kappa shape index (κ3) is 4.17. The van der Waals surface area contributed by atoms with E-state index in [1.165, 1.54) is 0 Å². The van der Waals surface area contributed by atoms with Gasteiger partial charge in [0.25, 0.3) is 0 Å². The first kappa shape index (κ1) is 17.8. The maximum Gasteiger partial charge on any atom is 0.167 e. The molecule has 132 valence electrons. The molecule has 2 aromatic rings. The average Bonchev–Trinajstić information content (AvgIpc) is 2.62. The SMILES string of the molecule is COCc1cc(N2CCCC(C(=O)c3ccc(Cl)cc3C)C2)ncn1. The average molecular weight is 360 g/mol. The Morgan fingerprint density at radius 2 is 2.20 bits per heavy atom. The topological polar surface area (TPSA) is 55.3 Å². The third-order valence-corrected chi connectivity index (χ3v) is 4.81. The van der Waals surface area contributed by atoms with Gasteiger partial charge in [0, 0.05) is 42.8 Å². The maximum atomic E-state index is 13.0. The summed E-state index contributed by atoms with van der Waals surface area (Å²) in [4.78, 5) is 23.7. The van der Waals surface area contributed by atoms with Crippen molar-refractivity contribution in [1.29, 1.82) is 0 Å². The Hall–Kier alpha value is -1.98. The fourth-order valence-electron chi connectivity index (χ4n) is 3.31. The molecule has 5 nitrogen and oxygen atoms in total. The van der Waals surface area contributed by atoms with Gasteiger partial charge in [-0.15, -0.1) is 0 Å².